The first-order valence-electron chi connectivity index (χ1n) is 10.4. The second kappa shape index (κ2) is 8.51. The first-order valence-corrected chi connectivity index (χ1v) is 10.4. The van der Waals surface area contributed by atoms with Crippen LogP contribution >= 0.6 is 0 Å². The summed E-state index contributed by atoms with van der Waals surface area (Å²) >= 11 is 0. The van der Waals surface area contributed by atoms with Crippen molar-refractivity contribution in [2.75, 3.05) is 5.32 Å². The molecule has 0 fully saturated rings. The molecule has 0 saturated heterocycles. The molecule has 0 amide bonds. The van der Waals surface area contributed by atoms with E-state index in [4.69, 9.17) is 4.74 Å². The van der Waals surface area contributed by atoms with E-state index < -0.39 is 11.7 Å². The van der Waals surface area contributed by atoms with E-state index in [1.807, 2.05) is 43.3 Å². The minimum absolute atomic E-state index is 0.219. The number of ether oxygens (including phenoxy) is 1. The van der Waals surface area contributed by atoms with Crippen molar-refractivity contribution < 1.29 is 17.9 Å². The van der Waals surface area contributed by atoms with E-state index in [-0.39, 0.29) is 11.6 Å². The van der Waals surface area contributed by atoms with Gasteiger partial charge in [-0.25, -0.2) is 0 Å². The molecule has 0 bridgehead atoms. The van der Waals surface area contributed by atoms with Gasteiger partial charge in [-0.2, -0.15) is 13.2 Å². The Hall–Kier alpha value is -4.40. The molecule has 5 rings (SSSR count). The average Bonchev–Trinajstić information content (AvgIpc) is 3.27. The molecule has 0 radical (unpaired) electrons. The van der Waals surface area contributed by atoms with E-state index in [0.717, 1.165) is 28.6 Å². The highest BCUT2D eigenvalue weighted by atomic mass is 19.4. The zero-order valence-electron chi connectivity index (χ0n) is 17.9. The van der Waals surface area contributed by atoms with E-state index in [9.17, 15) is 13.2 Å². The molecule has 0 spiro atoms. The molecule has 5 aromatic rings. The number of anilines is 2. The second-order valence-corrected chi connectivity index (χ2v) is 7.69. The number of aryl methyl sites for hydroxylation is 1. The quantitative estimate of drug-likeness (QED) is 0.298. The molecular formula is C25H18F3N5O. The van der Waals surface area contributed by atoms with Crippen molar-refractivity contribution in [3.05, 3.63) is 90.1 Å². The minimum Gasteiger partial charge on any atom is -0.457 e. The number of nitrogens with one attached hydrogen (secondary N) is 2. The van der Waals surface area contributed by atoms with E-state index in [0.29, 0.717) is 22.9 Å². The third-order valence-electron chi connectivity index (χ3n) is 5.13. The number of benzene rings is 3. The molecule has 0 aliphatic carbocycles. The highest BCUT2D eigenvalue weighted by molar-refractivity contribution is 5.85. The number of pyridine rings is 1. The fourth-order valence-corrected chi connectivity index (χ4v) is 3.51. The lowest BCUT2D eigenvalue weighted by atomic mass is 10.1. The highest BCUT2D eigenvalue weighted by Gasteiger charge is 2.30. The van der Waals surface area contributed by atoms with Gasteiger partial charge >= 0.3 is 6.18 Å². The Kier molecular flexibility index (Phi) is 5.37. The van der Waals surface area contributed by atoms with E-state index in [1.54, 1.807) is 18.3 Å². The van der Waals surface area contributed by atoms with Crippen molar-refractivity contribution in [2.24, 2.45) is 0 Å². The van der Waals surface area contributed by atoms with Gasteiger partial charge in [0.05, 0.1) is 11.1 Å². The molecule has 2 heterocycles. The number of hydrogen-bond donors (Lipinski definition) is 2. The van der Waals surface area contributed by atoms with Gasteiger partial charge in [0.15, 0.2) is 5.82 Å². The maximum atomic E-state index is 13.0. The van der Waals surface area contributed by atoms with Crippen LogP contribution in [-0.4, -0.2) is 20.2 Å². The molecule has 0 saturated carbocycles. The first kappa shape index (κ1) is 21.4. The molecule has 0 unspecified atom stereocenters. The number of aromatic amines is 1. The molecule has 9 heteroatoms. The van der Waals surface area contributed by atoms with Crippen LogP contribution in [0.4, 0.5) is 24.8 Å². The van der Waals surface area contributed by atoms with Gasteiger partial charge in [-0.15, -0.1) is 10.2 Å². The standard InChI is InChI=1S/C25H18F3N5O/c1-15-8-9-20-21(12-15)29-11-10-22(20)34-19-7-2-4-16(13-19)23-31-24(33-32-23)30-18-6-3-5-17(14-18)25(26,27)28/h2-14H,1H3,(H2,30,31,32,33). The van der Waals surface area contributed by atoms with Crippen molar-refractivity contribution in [2.45, 2.75) is 13.1 Å². The Bertz CT molecular complexity index is 1480. The van der Waals surface area contributed by atoms with Gasteiger partial charge in [0, 0.05) is 22.8 Å². The summed E-state index contributed by atoms with van der Waals surface area (Å²) in [6.45, 7) is 2.01. The molecule has 170 valence electrons. The molecule has 2 aromatic heterocycles. The number of rotatable bonds is 5. The Morgan fingerprint density at radius 1 is 0.912 bits per heavy atom. The van der Waals surface area contributed by atoms with Gasteiger partial charge < -0.3 is 15.0 Å². The number of H-pyrrole nitrogens is 1. The smallest absolute Gasteiger partial charge is 0.416 e. The van der Waals surface area contributed by atoms with Crippen LogP contribution in [0.2, 0.25) is 0 Å². The van der Waals surface area contributed by atoms with Gasteiger partial charge in [-0.1, -0.05) is 24.3 Å². The van der Waals surface area contributed by atoms with Gasteiger partial charge in [0.2, 0.25) is 5.95 Å². The monoisotopic (exact) mass is 461 g/mol. The van der Waals surface area contributed by atoms with Crippen molar-refractivity contribution in [1.82, 2.24) is 20.2 Å². The molecule has 34 heavy (non-hydrogen) atoms. The molecule has 2 N–H and O–H groups in total. The van der Waals surface area contributed by atoms with Crippen LogP contribution in [0.15, 0.2) is 79.0 Å². The molecule has 6 nitrogen and oxygen atoms in total. The lowest BCUT2D eigenvalue weighted by Crippen LogP contribution is -2.05. The number of aromatic nitrogens is 4. The molecule has 3 aromatic carbocycles. The summed E-state index contributed by atoms with van der Waals surface area (Å²) in [6, 6.07) is 19.9. The number of alkyl halides is 3. The van der Waals surface area contributed by atoms with Crippen LogP contribution in [0.5, 0.6) is 11.5 Å². The topological polar surface area (TPSA) is 75.7 Å². The largest absolute Gasteiger partial charge is 0.457 e. The fraction of sp³-hybridized carbons (Fsp3) is 0.0800. The van der Waals surface area contributed by atoms with Gasteiger partial charge in [-0.3, -0.25) is 4.98 Å². The van der Waals surface area contributed by atoms with Crippen LogP contribution in [0.25, 0.3) is 22.3 Å². The zero-order valence-corrected chi connectivity index (χ0v) is 17.9. The Morgan fingerprint density at radius 2 is 1.76 bits per heavy atom. The van der Waals surface area contributed by atoms with Crippen LogP contribution < -0.4 is 10.1 Å². The summed E-state index contributed by atoms with van der Waals surface area (Å²) in [5.41, 5.74) is 2.15. The highest BCUT2D eigenvalue weighted by Crippen LogP contribution is 2.32. The third kappa shape index (κ3) is 4.54. The average molecular weight is 461 g/mol. The summed E-state index contributed by atoms with van der Waals surface area (Å²) in [5.74, 6) is 1.92. The third-order valence-corrected chi connectivity index (χ3v) is 5.13. The summed E-state index contributed by atoms with van der Waals surface area (Å²) in [6.07, 6.45) is -2.73. The fourth-order valence-electron chi connectivity index (χ4n) is 3.51. The predicted molar refractivity (Wildman–Crippen MR) is 123 cm³/mol. The number of nitrogens with zero attached hydrogens (tertiary/aromatic N) is 3. The molecular weight excluding hydrogens is 443 g/mol. The number of fused-ring (bicyclic) bond motifs is 1. The molecule has 0 aliphatic heterocycles. The maximum absolute atomic E-state index is 13.0. The zero-order chi connectivity index (χ0) is 23.7. The van der Waals surface area contributed by atoms with Crippen LogP contribution in [0, 0.1) is 6.92 Å². The maximum Gasteiger partial charge on any atom is 0.416 e. The molecule has 0 atom stereocenters. The number of hydrogen-bond acceptors (Lipinski definition) is 5. The number of halogens is 3. The second-order valence-electron chi connectivity index (χ2n) is 7.69. The lowest BCUT2D eigenvalue weighted by molar-refractivity contribution is -0.137. The minimum atomic E-state index is -4.43. The van der Waals surface area contributed by atoms with E-state index in [1.165, 1.54) is 12.1 Å². The summed E-state index contributed by atoms with van der Waals surface area (Å²) in [7, 11) is 0. The van der Waals surface area contributed by atoms with Crippen molar-refractivity contribution in [1.29, 1.82) is 0 Å². The van der Waals surface area contributed by atoms with Gasteiger partial charge in [-0.05, 0) is 61.0 Å². The van der Waals surface area contributed by atoms with Crippen molar-refractivity contribution >= 4 is 22.5 Å². The van der Waals surface area contributed by atoms with Crippen molar-refractivity contribution in [3.8, 4) is 22.9 Å². The Labute approximate surface area is 192 Å². The van der Waals surface area contributed by atoms with E-state index in [2.05, 4.69) is 25.5 Å². The summed E-state index contributed by atoms with van der Waals surface area (Å²) in [5, 5.41) is 11.8. The van der Waals surface area contributed by atoms with Crippen LogP contribution in [0.1, 0.15) is 11.1 Å². The summed E-state index contributed by atoms with van der Waals surface area (Å²) in [4.78, 5) is 7.38. The Balaban J connectivity index is 1.37. The van der Waals surface area contributed by atoms with Gasteiger partial charge in [0.25, 0.3) is 0 Å². The van der Waals surface area contributed by atoms with Crippen molar-refractivity contribution in [3.63, 3.8) is 0 Å². The first-order chi connectivity index (χ1) is 16.3. The van der Waals surface area contributed by atoms with Gasteiger partial charge in [0.1, 0.15) is 11.5 Å². The van der Waals surface area contributed by atoms with Crippen LogP contribution in [-0.2, 0) is 6.18 Å². The SMILES string of the molecule is Cc1ccc2c(Oc3cccc(-c4nnc(Nc5cccc(C(F)(F)F)c5)[nH]4)c3)ccnc2c1. The normalized spacial score (nSPS) is 11.5. The molecule has 0 aliphatic rings. The lowest BCUT2D eigenvalue weighted by Gasteiger charge is -2.10. The predicted octanol–water partition coefficient (Wildman–Crippen LogP) is 6.88. The van der Waals surface area contributed by atoms with E-state index >= 15 is 0 Å². The summed E-state index contributed by atoms with van der Waals surface area (Å²) < 4.78 is 45.0. The Morgan fingerprint density at radius 3 is 2.62 bits per heavy atom. The van der Waals surface area contributed by atoms with Crippen LogP contribution in [0.3, 0.4) is 0 Å².